The third-order valence-corrected chi connectivity index (χ3v) is 13.2. The van der Waals surface area contributed by atoms with Gasteiger partial charge in [-0.05, 0) is 121 Å². The van der Waals surface area contributed by atoms with Gasteiger partial charge in [0.15, 0.2) is 5.11 Å². The third-order valence-electron chi connectivity index (χ3n) is 12.8. The van der Waals surface area contributed by atoms with Crippen LogP contribution in [-0.4, -0.2) is 91.2 Å². The smallest absolute Gasteiger partial charge is 0.378 e. The number of anilines is 2. The van der Waals surface area contributed by atoms with E-state index in [2.05, 4.69) is 34.5 Å². The first kappa shape index (κ1) is 43.2. The summed E-state index contributed by atoms with van der Waals surface area (Å²) < 4.78 is 49.4. The molecule has 4 fully saturated rings. The Kier molecular flexibility index (Phi) is 12.1. The number of aromatic nitrogens is 2. The van der Waals surface area contributed by atoms with Crippen molar-refractivity contribution >= 4 is 63.2 Å². The van der Waals surface area contributed by atoms with Gasteiger partial charge in [-0.15, -0.1) is 0 Å². The highest BCUT2D eigenvalue weighted by Gasteiger charge is 2.53. The average Bonchev–Trinajstić information content (AvgIpc) is 3.61. The standard InChI is InChI=1S/C43H51F3N8O5S/c1-24-19-26(20-25(2)52(24)23-36(56)48-34-8-6-7-31-37(50-51(5)38(31)34)32-15-16-35(55)49-39(32)57)17-18-59-30-13-11-28(12-14-30)54-41(60)53(40(58)42(54,3)4)29-10-9-27(22-47)33(21-29)43(44,45)46/h6-10,21,24-26,28,30,32H,11-20,23H2,1-5H3,(H,48,56)(H,49,55,57)/t24-,25+,26+,28-,30-,32?. The number of piperidine rings is 2. The molecule has 3 saturated heterocycles. The maximum atomic E-state index is 13.8. The van der Waals surface area contributed by atoms with Crippen LogP contribution in [-0.2, 0) is 37.1 Å². The van der Waals surface area contributed by atoms with Gasteiger partial charge in [0.2, 0.25) is 17.7 Å². The van der Waals surface area contributed by atoms with Crippen molar-refractivity contribution in [3.05, 3.63) is 53.2 Å². The van der Waals surface area contributed by atoms with Crippen molar-refractivity contribution in [2.75, 3.05) is 23.4 Å². The van der Waals surface area contributed by atoms with Crippen LogP contribution < -0.4 is 15.5 Å². The molecule has 0 spiro atoms. The van der Waals surface area contributed by atoms with Crippen molar-refractivity contribution in [2.45, 2.75) is 127 Å². The number of alkyl halides is 3. The summed E-state index contributed by atoms with van der Waals surface area (Å²) in [5, 5.41) is 20.3. The van der Waals surface area contributed by atoms with Gasteiger partial charge in [-0.2, -0.15) is 23.5 Å². The molecule has 2 aromatic carbocycles. The second-order valence-electron chi connectivity index (χ2n) is 17.3. The molecule has 3 aromatic rings. The molecule has 7 rings (SSSR count). The van der Waals surface area contributed by atoms with E-state index in [4.69, 9.17) is 17.0 Å². The number of carbonyl (C=O) groups is 4. The molecule has 0 bridgehead atoms. The number of para-hydroxylation sites is 1. The highest BCUT2D eigenvalue weighted by Crippen LogP contribution is 2.41. The molecule has 60 heavy (non-hydrogen) atoms. The van der Waals surface area contributed by atoms with Gasteiger partial charge in [0.05, 0.1) is 58.3 Å². The van der Waals surface area contributed by atoms with E-state index in [9.17, 15) is 37.6 Å². The number of nitriles is 1. The Morgan fingerprint density at radius 1 is 1.07 bits per heavy atom. The summed E-state index contributed by atoms with van der Waals surface area (Å²) in [6.45, 7) is 8.62. The van der Waals surface area contributed by atoms with Crippen molar-refractivity contribution in [3.8, 4) is 6.07 Å². The minimum Gasteiger partial charge on any atom is -0.378 e. The predicted molar refractivity (Wildman–Crippen MR) is 222 cm³/mol. The Morgan fingerprint density at radius 3 is 2.42 bits per heavy atom. The maximum absolute atomic E-state index is 13.8. The number of rotatable bonds is 10. The number of aryl methyl sites for hydroxylation is 1. The number of halogens is 3. The summed E-state index contributed by atoms with van der Waals surface area (Å²) in [5.74, 6) is -1.30. The van der Waals surface area contributed by atoms with Crippen LogP contribution in [0.4, 0.5) is 24.5 Å². The van der Waals surface area contributed by atoms with Gasteiger partial charge in [0.1, 0.15) is 5.54 Å². The number of hydrogen-bond acceptors (Lipinski definition) is 9. The molecule has 4 aliphatic rings. The van der Waals surface area contributed by atoms with Gasteiger partial charge >= 0.3 is 6.18 Å². The molecule has 4 atom stereocenters. The Morgan fingerprint density at radius 2 is 1.77 bits per heavy atom. The monoisotopic (exact) mass is 848 g/mol. The molecular weight excluding hydrogens is 798 g/mol. The number of amides is 4. The number of imide groups is 1. The molecule has 1 saturated carbocycles. The molecule has 1 unspecified atom stereocenters. The van der Waals surface area contributed by atoms with Crippen molar-refractivity contribution in [3.63, 3.8) is 0 Å². The van der Waals surface area contributed by atoms with Crippen LogP contribution in [0.5, 0.6) is 0 Å². The number of ether oxygens (including phenoxy) is 1. The van der Waals surface area contributed by atoms with Gasteiger partial charge in [-0.1, -0.05) is 12.1 Å². The third kappa shape index (κ3) is 8.38. The largest absolute Gasteiger partial charge is 0.417 e. The number of likely N-dealkylation sites (tertiary alicyclic amines) is 1. The van der Waals surface area contributed by atoms with E-state index in [0.717, 1.165) is 55.1 Å². The molecule has 4 heterocycles. The number of nitrogens with one attached hydrogen (secondary N) is 2. The molecule has 17 heteroatoms. The van der Waals surface area contributed by atoms with Crippen molar-refractivity contribution in [2.24, 2.45) is 13.0 Å². The van der Waals surface area contributed by atoms with Gasteiger partial charge in [0.25, 0.3) is 5.91 Å². The minimum absolute atomic E-state index is 0.0104. The molecule has 13 nitrogen and oxygen atoms in total. The zero-order valence-corrected chi connectivity index (χ0v) is 35.3. The van der Waals surface area contributed by atoms with Crippen LogP contribution in [0.3, 0.4) is 0 Å². The molecule has 1 aromatic heterocycles. The van der Waals surface area contributed by atoms with E-state index in [-0.39, 0.29) is 65.7 Å². The molecule has 0 radical (unpaired) electrons. The summed E-state index contributed by atoms with van der Waals surface area (Å²) in [6, 6.07) is 10.6. The number of benzene rings is 2. The molecular formula is C43H51F3N8O5S. The SMILES string of the molecule is C[C@@H]1C[C@H](CCO[C@H]2CC[C@H](N3C(=S)N(c4ccc(C#N)c(C(F)(F)F)c4)C(=O)C3(C)C)CC2)C[C@H](C)N1CC(=O)Nc1cccc2c(C3CCC(=O)NC3=O)nn(C)c12. The van der Waals surface area contributed by atoms with Gasteiger partial charge in [-0.25, -0.2) is 0 Å². The first-order valence-electron chi connectivity index (χ1n) is 20.6. The zero-order valence-electron chi connectivity index (χ0n) is 34.5. The first-order chi connectivity index (χ1) is 28.4. The summed E-state index contributed by atoms with van der Waals surface area (Å²) in [4.78, 5) is 56.8. The molecule has 320 valence electrons. The van der Waals surface area contributed by atoms with Crippen molar-refractivity contribution in [1.82, 2.24) is 24.9 Å². The number of hydrogen-bond donors (Lipinski definition) is 2. The van der Waals surface area contributed by atoms with Crippen LogP contribution in [0.15, 0.2) is 36.4 Å². The van der Waals surface area contributed by atoms with Gasteiger partial charge in [-0.3, -0.25) is 39.0 Å². The molecule has 3 aliphatic heterocycles. The second-order valence-corrected chi connectivity index (χ2v) is 17.6. The van der Waals surface area contributed by atoms with Gasteiger partial charge in [0, 0.05) is 43.6 Å². The fourth-order valence-corrected chi connectivity index (χ4v) is 10.4. The predicted octanol–water partition coefficient (Wildman–Crippen LogP) is 6.54. The quantitative estimate of drug-likeness (QED) is 0.170. The molecule has 1 aliphatic carbocycles. The summed E-state index contributed by atoms with van der Waals surface area (Å²) in [5.41, 5.74) is -0.784. The van der Waals surface area contributed by atoms with E-state index >= 15 is 0 Å². The lowest BCUT2D eigenvalue weighted by Gasteiger charge is -2.42. The van der Waals surface area contributed by atoms with Gasteiger partial charge < -0.3 is 15.0 Å². The summed E-state index contributed by atoms with van der Waals surface area (Å²) in [6.07, 6.45) is 1.60. The number of fused-ring (bicyclic) bond motifs is 1. The van der Waals surface area contributed by atoms with E-state index in [1.54, 1.807) is 31.6 Å². The van der Waals surface area contributed by atoms with Crippen molar-refractivity contribution < 1.29 is 37.1 Å². The van der Waals surface area contributed by atoms with Crippen LogP contribution in [0.2, 0.25) is 0 Å². The second kappa shape index (κ2) is 16.9. The number of thiocarbonyl (C=S) groups is 1. The molecule has 4 amide bonds. The number of nitrogens with zero attached hydrogens (tertiary/aromatic N) is 6. The van der Waals surface area contributed by atoms with Crippen LogP contribution >= 0.6 is 12.2 Å². The normalized spacial score (nSPS) is 26.4. The van der Waals surface area contributed by atoms with Crippen LogP contribution in [0.25, 0.3) is 10.9 Å². The Balaban J connectivity index is 0.884. The Bertz CT molecular complexity index is 2230. The lowest BCUT2D eigenvalue weighted by Crippen LogP contribution is -2.51. The highest BCUT2D eigenvalue weighted by atomic mass is 32.1. The molecule has 2 N–H and O–H groups in total. The zero-order chi connectivity index (χ0) is 43.3. The lowest BCUT2D eigenvalue weighted by molar-refractivity contribution is -0.138. The van der Waals surface area contributed by atoms with Crippen molar-refractivity contribution in [1.29, 1.82) is 5.26 Å². The van der Waals surface area contributed by atoms with Crippen LogP contribution in [0, 0.1) is 17.2 Å². The summed E-state index contributed by atoms with van der Waals surface area (Å²) in [7, 11) is 1.78. The van der Waals surface area contributed by atoms with E-state index < -0.39 is 34.7 Å². The lowest BCUT2D eigenvalue weighted by atomic mass is 9.85. The van der Waals surface area contributed by atoms with E-state index in [1.807, 2.05) is 23.1 Å². The van der Waals surface area contributed by atoms with E-state index in [0.29, 0.717) is 43.2 Å². The summed E-state index contributed by atoms with van der Waals surface area (Å²) >= 11 is 5.75. The maximum Gasteiger partial charge on any atom is 0.417 e. The first-order valence-corrected chi connectivity index (χ1v) is 21.1. The Hall–Kier alpha value is -4.92. The topological polar surface area (TPSA) is 153 Å². The van der Waals surface area contributed by atoms with Crippen LogP contribution in [0.1, 0.15) is 108 Å². The Labute approximate surface area is 352 Å². The average molecular weight is 849 g/mol. The number of carbonyl (C=O) groups excluding carboxylic acids is 4. The van der Waals surface area contributed by atoms with E-state index in [1.165, 1.54) is 11.0 Å². The fraction of sp³-hybridized carbons (Fsp3) is 0.558. The minimum atomic E-state index is -4.76. The highest BCUT2D eigenvalue weighted by molar-refractivity contribution is 7.80. The fourth-order valence-electron chi connectivity index (χ4n) is 9.87.